The minimum atomic E-state index is -0.677. The Hall–Kier alpha value is -4.08. The molecule has 0 aromatic heterocycles. The maximum Gasteiger partial charge on any atom is 0.343 e. The largest absolute Gasteiger partial charge is 0.422 e. The van der Waals surface area contributed by atoms with Crippen molar-refractivity contribution in [1.82, 2.24) is 10.7 Å². The highest BCUT2D eigenvalue weighted by Gasteiger charge is 2.12. The zero-order valence-corrected chi connectivity index (χ0v) is 18.8. The Bertz CT molecular complexity index is 1250. The molecule has 0 spiro atoms. The van der Waals surface area contributed by atoms with Gasteiger partial charge >= 0.3 is 5.97 Å². The lowest BCUT2D eigenvalue weighted by Crippen LogP contribution is -2.34. The van der Waals surface area contributed by atoms with E-state index in [0.29, 0.717) is 21.2 Å². The Morgan fingerprint density at radius 1 is 0.882 bits per heavy atom. The van der Waals surface area contributed by atoms with Gasteiger partial charge in [-0.2, -0.15) is 5.10 Å². The third kappa shape index (κ3) is 6.96. The monoisotopic (exact) mass is 498 g/mol. The predicted octanol–water partition coefficient (Wildman–Crippen LogP) is 4.49. The Morgan fingerprint density at radius 3 is 2.21 bits per heavy atom. The van der Waals surface area contributed by atoms with Gasteiger partial charge in [-0.05, 0) is 71.9 Å². The minimum absolute atomic E-state index is 0.140. The van der Waals surface area contributed by atoms with E-state index in [9.17, 15) is 19.3 Å². The van der Waals surface area contributed by atoms with Crippen LogP contribution in [0.5, 0.6) is 5.75 Å². The number of nitrogens with one attached hydrogen (secondary N) is 2. The van der Waals surface area contributed by atoms with Gasteiger partial charge < -0.3 is 10.1 Å². The van der Waals surface area contributed by atoms with Crippen LogP contribution in [0.4, 0.5) is 5.69 Å². The molecular formula is C23H16Cl2N4O5. The number of esters is 1. The molecule has 0 atom stereocenters. The first-order valence-electron chi connectivity index (χ1n) is 9.66. The fourth-order valence-corrected chi connectivity index (χ4v) is 2.91. The second kappa shape index (κ2) is 11.7. The van der Waals surface area contributed by atoms with E-state index in [1.165, 1.54) is 60.8 Å². The van der Waals surface area contributed by atoms with Crippen LogP contribution in [0.2, 0.25) is 10.0 Å². The summed E-state index contributed by atoms with van der Waals surface area (Å²) >= 11 is 11.8. The van der Waals surface area contributed by atoms with Crippen molar-refractivity contribution in [3.8, 4) is 5.75 Å². The van der Waals surface area contributed by atoms with E-state index < -0.39 is 17.8 Å². The number of halogens is 2. The van der Waals surface area contributed by atoms with Gasteiger partial charge in [-0.15, -0.1) is 4.91 Å². The average molecular weight is 499 g/mol. The molecule has 2 N–H and O–H groups in total. The Balaban J connectivity index is 1.59. The van der Waals surface area contributed by atoms with Crippen LogP contribution in [0.25, 0.3) is 0 Å². The lowest BCUT2D eigenvalue weighted by Gasteiger charge is -2.08. The Morgan fingerprint density at radius 2 is 1.53 bits per heavy atom. The quantitative estimate of drug-likeness (QED) is 0.155. The van der Waals surface area contributed by atoms with Crippen molar-refractivity contribution in [2.75, 3.05) is 6.54 Å². The molecule has 3 aromatic carbocycles. The van der Waals surface area contributed by atoms with Crippen molar-refractivity contribution < 1.29 is 19.1 Å². The summed E-state index contributed by atoms with van der Waals surface area (Å²) < 4.78 is 5.38. The molecule has 0 saturated heterocycles. The second-order valence-corrected chi connectivity index (χ2v) is 7.57. The summed E-state index contributed by atoms with van der Waals surface area (Å²) in [6.07, 6.45) is 1.24. The zero-order valence-electron chi connectivity index (χ0n) is 17.3. The molecule has 34 heavy (non-hydrogen) atoms. The summed E-state index contributed by atoms with van der Waals surface area (Å²) in [6, 6.07) is 16.2. The van der Waals surface area contributed by atoms with Crippen LogP contribution in [-0.2, 0) is 4.79 Å². The number of nitrogens with zero attached hydrogens (tertiary/aromatic N) is 2. The predicted molar refractivity (Wildman–Crippen MR) is 128 cm³/mol. The van der Waals surface area contributed by atoms with Gasteiger partial charge in [0.05, 0.1) is 18.3 Å². The number of benzene rings is 3. The molecule has 0 heterocycles. The minimum Gasteiger partial charge on any atom is -0.422 e. The molecule has 0 radical (unpaired) electrons. The normalized spacial score (nSPS) is 10.5. The van der Waals surface area contributed by atoms with E-state index >= 15 is 0 Å². The molecule has 0 unspecified atom stereocenters. The second-order valence-electron chi connectivity index (χ2n) is 6.69. The molecule has 0 aliphatic carbocycles. The summed E-state index contributed by atoms with van der Waals surface area (Å²) in [4.78, 5) is 46.9. The fourth-order valence-electron chi connectivity index (χ4n) is 2.61. The SMILES string of the molecule is O=Nc1ccc(C(=O)Oc2ccc(Cl)cc2C=NNC(=O)CNC(=O)c2ccc(Cl)cc2)cc1. The Kier molecular flexibility index (Phi) is 8.44. The van der Waals surface area contributed by atoms with Gasteiger partial charge in [0.15, 0.2) is 0 Å². The van der Waals surface area contributed by atoms with Crippen LogP contribution < -0.4 is 15.5 Å². The maximum atomic E-state index is 12.4. The van der Waals surface area contributed by atoms with E-state index in [-0.39, 0.29) is 23.5 Å². The number of carbonyl (C=O) groups is 3. The number of nitroso groups, excluding NO2 is 1. The lowest BCUT2D eigenvalue weighted by molar-refractivity contribution is -0.120. The van der Waals surface area contributed by atoms with Gasteiger partial charge in [0, 0.05) is 21.2 Å². The van der Waals surface area contributed by atoms with Gasteiger partial charge in [-0.3, -0.25) is 9.59 Å². The summed E-state index contributed by atoms with van der Waals surface area (Å²) in [6.45, 7) is -0.318. The molecule has 9 nitrogen and oxygen atoms in total. The number of hydrazone groups is 1. The standard InChI is InChI=1S/C23H16Cl2N4O5/c24-17-5-1-14(2-6-17)22(31)26-13-21(30)28-27-12-16-11-18(25)7-10-20(16)34-23(32)15-3-8-19(29-33)9-4-15/h1-12H,13H2,(H,26,31)(H,28,30). The number of amides is 2. The molecule has 11 heteroatoms. The van der Waals surface area contributed by atoms with E-state index in [1.54, 1.807) is 12.1 Å². The highest BCUT2D eigenvalue weighted by atomic mass is 35.5. The highest BCUT2D eigenvalue weighted by Crippen LogP contribution is 2.23. The van der Waals surface area contributed by atoms with Crippen molar-refractivity contribution in [2.24, 2.45) is 10.3 Å². The van der Waals surface area contributed by atoms with E-state index in [2.05, 4.69) is 21.0 Å². The first-order valence-corrected chi connectivity index (χ1v) is 10.4. The molecule has 3 aromatic rings. The lowest BCUT2D eigenvalue weighted by atomic mass is 10.2. The van der Waals surface area contributed by atoms with E-state index in [1.807, 2.05) is 0 Å². The molecule has 172 valence electrons. The van der Waals surface area contributed by atoms with Crippen LogP contribution in [0.1, 0.15) is 26.3 Å². The van der Waals surface area contributed by atoms with Gasteiger partial charge in [0.2, 0.25) is 0 Å². The van der Waals surface area contributed by atoms with E-state index in [4.69, 9.17) is 27.9 Å². The van der Waals surface area contributed by atoms with Crippen molar-refractivity contribution in [2.45, 2.75) is 0 Å². The molecule has 0 saturated carbocycles. The van der Waals surface area contributed by atoms with Crippen molar-refractivity contribution in [1.29, 1.82) is 0 Å². The number of rotatable bonds is 8. The van der Waals surface area contributed by atoms with E-state index in [0.717, 1.165) is 0 Å². The smallest absolute Gasteiger partial charge is 0.343 e. The summed E-state index contributed by atoms with van der Waals surface area (Å²) in [5.74, 6) is -1.57. The number of hydrogen-bond acceptors (Lipinski definition) is 7. The third-order valence-electron chi connectivity index (χ3n) is 4.29. The maximum absolute atomic E-state index is 12.4. The van der Waals surface area contributed by atoms with Crippen LogP contribution in [0, 0.1) is 4.91 Å². The fraction of sp³-hybridized carbons (Fsp3) is 0.0435. The van der Waals surface area contributed by atoms with Crippen molar-refractivity contribution >= 4 is 52.9 Å². The van der Waals surface area contributed by atoms with Gasteiger partial charge in [0.25, 0.3) is 11.8 Å². The van der Waals surface area contributed by atoms with Crippen molar-refractivity contribution in [3.05, 3.63) is 98.4 Å². The number of ether oxygens (including phenoxy) is 1. The molecule has 0 aliphatic heterocycles. The molecule has 3 rings (SSSR count). The average Bonchev–Trinajstić information content (AvgIpc) is 2.84. The first kappa shape index (κ1) is 24.6. The zero-order chi connectivity index (χ0) is 24.5. The molecule has 0 fully saturated rings. The summed E-state index contributed by atoms with van der Waals surface area (Å²) in [5, 5.41) is 9.88. The van der Waals surface area contributed by atoms with Crippen LogP contribution >= 0.6 is 23.2 Å². The molecule has 2 amide bonds. The van der Waals surface area contributed by atoms with Gasteiger partial charge in [-0.1, -0.05) is 23.2 Å². The summed E-state index contributed by atoms with van der Waals surface area (Å²) in [5.41, 5.74) is 3.31. The van der Waals surface area contributed by atoms with Crippen LogP contribution in [0.3, 0.4) is 0 Å². The molecule has 0 bridgehead atoms. The van der Waals surface area contributed by atoms with Gasteiger partial charge in [-0.25, -0.2) is 10.2 Å². The number of carbonyl (C=O) groups excluding carboxylic acids is 3. The molecular weight excluding hydrogens is 483 g/mol. The number of hydrogen-bond donors (Lipinski definition) is 2. The summed E-state index contributed by atoms with van der Waals surface area (Å²) in [7, 11) is 0. The van der Waals surface area contributed by atoms with Crippen LogP contribution in [-0.4, -0.2) is 30.5 Å². The van der Waals surface area contributed by atoms with Crippen molar-refractivity contribution in [3.63, 3.8) is 0 Å². The topological polar surface area (TPSA) is 126 Å². The van der Waals surface area contributed by atoms with Crippen LogP contribution in [0.15, 0.2) is 77.0 Å². The third-order valence-corrected chi connectivity index (χ3v) is 4.78. The molecule has 0 aliphatic rings. The van der Waals surface area contributed by atoms with Gasteiger partial charge in [0.1, 0.15) is 11.4 Å². The highest BCUT2D eigenvalue weighted by molar-refractivity contribution is 6.31. The first-order chi connectivity index (χ1) is 16.4. The Labute approximate surface area is 203 Å².